The van der Waals surface area contributed by atoms with Crippen LogP contribution in [0.2, 0.25) is 0 Å². The summed E-state index contributed by atoms with van der Waals surface area (Å²) < 4.78 is 12.2. The smallest absolute Gasteiger partial charge is 0.351 e. The van der Waals surface area contributed by atoms with Gasteiger partial charge in [-0.15, -0.1) is 0 Å². The number of ether oxygens (including phenoxy) is 2. The molecule has 0 radical (unpaired) electrons. The Morgan fingerprint density at radius 2 is 1.74 bits per heavy atom. The second kappa shape index (κ2) is 11.2. The maximum atomic E-state index is 12.3. The number of hydrogen-bond acceptors (Lipinski definition) is 4. The van der Waals surface area contributed by atoms with E-state index in [9.17, 15) is 4.79 Å². The highest BCUT2D eigenvalue weighted by atomic mass is 16.5. The van der Waals surface area contributed by atoms with Gasteiger partial charge in [-0.1, -0.05) is 46.0 Å². The first kappa shape index (κ1) is 19.7. The Morgan fingerprint density at radius 3 is 2.35 bits per heavy atom. The van der Waals surface area contributed by atoms with E-state index in [-0.39, 0.29) is 11.7 Å². The lowest BCUT2D eigenvalue weighted by molar-refractivity contribution is 0.142. The van der Waals surface area contributed by atoms with Gasteiger partial charge in [0.25, 0.3) is 0 Å². The van der Waals surface area contributed by atoms with E-state index in [1.54, 1.807) is 7.11 Å². The van der Waals surface area contributed by atoms with Crippen LogP contribution in [0.1, 0.15) is 70.4 Å². The van der Waals surface area contributed by atoms with Crippen LogP contribution in [-0.4, -0.2) is 29.9 Å². The summed E-state index contributed by atoms with van der Waals surface area (Å²) in [5.74, 6) is 0.430. The average molecular weight is 324 g/mol. The van der Waals surface area contributed by atoms with Gasteiger partial charge in [0.15, 0.2) is 0 Å². The van der Waals surface area contributed by atoms with Crippen LogP contribution in [0.5, 0.6) is 5.88 Å². The van der Waals surface area contributed by atoms with E-state index >= 15 is 0 Å². The van der Waals surface area contributed by atoms with Crippen molar-refractivity contribution in [1.82, 2.24) is 9.55 Å². The number of nitrogens with zero attached hydrogens (tertiary/aromatic N) is 2. The molecule has 0 N–H and O–H groups in total. The molecule has 0 unspecified atom stereocenters. The molecule has 0 amide bonds. The number of hydrogen-bond donors (Lipinski definition) is 0. The van der Waals surface area contributed by atoms with Gasteiger partial charge in [0.2, 0.25) is 5.88 Å². The fourth-order valence-corrected chi connectivity index (χ4v) is 2.89. The van der Waals surface area contributed by atoms with Gasteiger partial charge in [-0.3, -0.25) is 4.57 Å². The van der Waals surface area contributed by atoms with Crippen molar-refractivity contribution >= 4 is 0 Å². The normalized spacial score (nSPS) is 16.0. The molecule has 2 rings (SSSR count). The lowest BCUT2D eigenvalue weighted by atomic mass is 9.96. The zero-order valence-corrected chi connectivity index (χ0v) is 15.1. The summed E-state index contributed by atoms with van der Waals surface area (Å²) in [6.07, 6.45) is 10.3. The van der Waals surface area contributed by atoms with Crippen molar-refractivity contribution in [2.24, 2.45) is 0 Å². The SMILES string of the molecule is CC.COCCOc1nc(=O)n(C2CCCCCCC2)cc1C. The molecule has 5 heteroatoms. The second-order valence-electron chi connectivity index (χ2n) is 5.76. The predicted molar refractivity (Wildman–Crippen MR) is 93.3 cm³/mol. The van der Waals surface area contributed by atoms with Crippen molar-refractivity contribution in [3.8, 4) is 5.88 Å². The first-order chi connectivity index (χ1) is 11.2. The van der Waals surface area contributed by atoms with E-state index in [0.29, 0.717) is 19.1 Å². The second-order valence-corrected chi connectivity index (χ2v) is 5.76. The summed E-state index contributed by atoms with van der Waals surface area (Å²) in [5, 5.41) is 0. The lowest BCUT2D eigenvalue weighted by Gasteiger charge is -2.22. The van der Waals surface area contributed by atoms with E-state index in [2.05, 4.69) is 4.98 Å². The van der Waals surface area contributed by atoms with Gasteiger partial charge >= 0.3 is 5.69 Å². The Labute approximate surface area is 140 Å². The van der Waals surface area contributed by atoms with Crippen LogP contribution < -0.4 is 10.4 Å². The molecule has 0 aliphatic heterocycles. The Hall–Kier alpha value is -1.36. The monoisotopic (exact) mass is 324 g/mol. The maximum Gasteiger partial charge on any atom is 0.351 e. The van der Waals surface area contributed by atoms with E-state index in [1.807, 2.05) is 31.5 Å². The Balaban J connectivity index is 0.00000127. The molecule has 1 heterocycles. The van der Waals surface area contributed by atoms with Gasteiger partial charge in [-0.2, -0.15) is 4.98 Å². The highest BCUT2D eigenvalue weighted by Crippen LogP contribution is 2.26. The van der Waals surface area contributed by atoms with Crippen molar-refractivity contribution in [2.75, 3.05) is 20.3 Å². The number of methoxy groups -OCH3 is 1. The summed E-state index contributed by atoms with van der Waals surface area (Å²) in [6, 6.07) is 0.289. The molecule has 0 bridgehead atoms. The van der Waals surface area contributed by atoms with Gasteiger partial charge in [-0.05, 0) is 19.8 Å². The van der Waals surface area contributed by atoms with Crippen LogP contribution >= 0.6 is 0 Å². The molecule has 0 aromatic carbocycles. The molecule has 1 aliphatic rings. The summed E-state index contributed by atoms with van der Waals surface area (Å²) in [7, 11) is 1.62. The van der Waals surface area contributed by atoms with E-state index in [4.69, 9.17) is 9.47 Å². The molecule has 0 saturated heterocycles. The standard InChI is InChI=1S/C16H26N2O3.C2H6/c1-13-12-18(14-8-6-4-3-5-7-9-14)16(19)17-15(13)21-11-10-20-2;1-2/h12,14H,3-11H2,1-2H3;1-2H3. The minimum atomic E-state index is -0.196. The van der Waals surface area contributed by atoms with Crippen LogP contribution in [0.25, 0.3) is 0 Å². The van der Waals surface area contributed by atoms with Crippen molar-refractivity contribution in [3.63, 3.8) is 0 Å². The molecule has 1 saturated carbocycles. The molecule has 132 valence electrons. The van der Waals surface area contributed by atoms with Crippen molar-refractivity contribution < 1.29 is 9.47 Å². The number of rotatable bonds is 5. The highest BCUT2D eigenvalue weighted by Gasteiger charge is 2.16. The van der Waals surface area contributed by atoms with Crippen LogP contribution in [0.3, 0.4) is 0 Å². The van der Waals surface area contributed by atoms with Gasteiger partial charge in [0, 0.05) is 24.9 Å². The summed E-state index contributed by atoms with van der Waals surface area (Å²) in [5.41, 5.74) is 0.714. The molecule has 23 heavy (non-hydrogen) atoms. The first-order valence-electron chi connectivity index (χ1n) is 8.94. The molecule has 1 aromatic heterocycles. The number of aromatic nitrogens is 2. The number of aryl methyl sites for hydroxylation is 1. The quantitative estimate of drug-likeness (QED) is 0.771. The molecule has 1 aliphatic carbocycles. The zero-order valence-electron chi connectivity index (χ0n) is 15.1. The third-order valence-electron chi connectivity index (χ3n) is 4.08. The average Bonchev–Trinajstić information content (AvgIpc) is 2.53. The van der Waals surface area contributed by atoms with E-state index in [1.165, 1.54) is 32.1 Å². The van der Waals surface area contributed by atoms with Crippen LogP contribution in [0.4, 0.5) is 0 Å². The summed E-state index contributed by atoms with van der Waals surface area (Å²) in [4.78, 5) is 16.4. The van der Waals surface area contributed by atoms with E-state index < -0.39 is 0 Å². The van der Waals surface area contributed by atoms with Gasteiger partial charge in [0.1, 0.15) is 6.61 Å². The highest BCUT2D eigenvalue weighted by molar-refractivity contribution is 5.20. The summed E-state index contributed by atoms with van der Waals surface area (Å²) in [6.45, 7) is 6.85. The van der Waals surface area contributed by atoms with Crippen molar-refractivity contribution in [3.05, 3.63) is 22.2 Å². The van der Waals surface area contributed by atoms with Crippen molar-refractivity contribution in [1.29, 1.82) is 0 Å². The minimum Gasteiger partial charge on any atom is -0.475 e. The minimum absolute atomic E-state index is 0.196. The molecular formula is C18H32N2O3. The topological polar surface area (TPSA) is 53.4 Å². The third kappa shape index (κ3) is 6.34. The summed E-state index contributed by atoms with van der Waals surface area (Å²) >= 11 is 0. The maximum absolute atomic E-state index is 12.3. The lowest BCUT2D eigenvalue weighted by Crippen LogP contribution is -2.28. The van der Waals surface area contributed by atoms with E-state index in [0.717, 1.165) is 18.4 Å². The van der Waals surface area contributed by atoms with Gasteiger partial charge in [0.05, 0.1) is 6.61 Å². The first-order valence-corrected chi connectivity index (χ1v) is 8.94. The largest absolute Gasteiger partial charge is 0.475 e. The van der Waals surface area contributed by atoms with Crippen molar-refractivity contribution in [2.45, 2.75) is 71.8 Å². The molecule has 1 aromatic rings. The molecule has 5 nitrogen and oxygen atoms in total. The van der Waals surface area contributed by atoms with Crippen LogP contribution in [0.15, 0.2) is 11.0 Å². The Morgan fingerprint density at radius 1 is 1.13 bits per heavy atom. The van der Waals surface area contributed by atoms with Crippen LogP contribution in [0, 0.1) is 6.92 Å². The third-order valence-corrected chi connectivity index (χ3v) is 4.08. The molecular weight excluding hydrogens is 292 g/mol. The fraction of sp³-hybridized carbons (Fsp3) is 0.778. The molecule has 1 fully saturated rings. The molecule has 0 atom stereocenters. The zero-order chi connectivity index (χ0) is 17.1. The Kier molecular flexibility index (Phi) is 9.60. The van der Waals surface area contributed by atoms with Gasteiger partial charge in [-0.25, -0.2) is 4.79 Å². The van der Waals surface area contributed by atoms with Gasteiger partial charge < -0.3 is 9.47 Å². The van der Waals surface area contributed by atoms with Crippen LogP contribution in [-0.2, 0) is 4.74 Å². The molecule has 0 spiro atoms. The Bertz CT molecular complexity index is 492. The fourth-order valence-electron chi connectivity index (χ4n) is 2.89. The predicted octanol–water partition coefficient (Wildman–Crippen LogP) is 3.89.